The maximum absolute atomic E-state index is 5.33. The fourth-order valence-corrected chi connectivity index (χ4v) is 2.40. The van der Waals surface area contributed by atoms with Crippen molar-refractivity contribution in [2.75, 3.05) is 26.7 Å². The van der Waals surface area contributed by atoms with Crippen LogP contribution in [0.1, 0.15) is 43.7 Å². The van der Waals surface area contributed by atoms with Crippen LogP contribution >= 0.6 is 0 Å². The van der Waals surface area contributed by atoms with E-state index in [9.17, 15) is 0 Å². The number of hydrogen-bond acceptors (Lipinski definition) is 7. The van der Waals surface area contributed by atoms with Gasteiger partial charge in [-0.1, -0.05) is 24.2 Å². The molecule has 21 heavy (non-hydrogen) atoms. The Bertz CT molecular complexity index is 594. The molecule has 3 heterocycles. The zero-order chi connectivity index (χ0) is 14.8. The van der Waals surface area contributed by atoms with Gasteiger partial charge in [0.05, 0.1) is 11.7 Å². The molecular formula is C14H21N5O2. The quantitative estimate of drug-likeness (QED) is 0.920. The van der Waals surface area contributed by atoms with Crippen molar-refractivity contribution in [1.82, 2.24) is 25.5 Å². The van der Waals surface area contributed by atoms with Gasteiger partial charge in [0, 0.05) is 31.6 Å². The highest BCUT2D eigenvalue weighted by Gasteiger charge is 2.26. The van der Waals surface area contributed by atoms with Crippen LogP contribution in [0, 0.1) is 0 Å². The van der Waals surface area contributed by atoms with E-state index in [1.54, 1.807) is 0 Å². The average Bonchev–Trinajstić information content (AvgIpc) is 3.15. The Morgan fingerprint density at radius 2 is 2.29 bits per heavy atom. The van der Waals surface area contributed by atoms with Gasteiger partial charge in [-0.25, -0.2) is 0 Å². The lowest BCUT2D eigenvalue weighted by Gasteiger charge is -2.30. The van der Waals surface area contributed by atoms with Crippen LogP contribution in [0.25, 0.3) is 11.7 Å². The molecule has 1 aliphatic heterocycles. The van der Waals surface area contributed by atoms with Crippen LogP contribution < -0.4 is 5.32 Å². The van der Waals surface area contributed by atoms with Crippen molar-refractivity contribution in [1.29, 1.82) is 0 Å². The second kappa shape index (κ2) is 5.95. The number of rotatable bonds is 4. The van der Waals surface area contributed by atoms with Gasteiger partial charge in [0.15, 0.2) is 5.82 Å². The summed E-state index contributed by atoms with van der Waals surface area (Å²) in [5.41, 5.74) is 0.920. The van der Waals surface area contributed by atoms with E-state index in [2.05, 4.69) is 46.4 Å². The van der Waals surface area contributed by atoms with E-state index in [1.807, 2.05) is 6.07 Å². The average molecular weight is 291 g/mol. The molecule has 0 saturated carbocycles. The lowest BCUT2D eigenvalue weighted by Crippen LogP contribution is -2.44. The van der Waals surface area contributed by atoms with Crippen molar-refractivity contribution in [2.24, 2.45) is 0 Å². The van der Waals surface area contributed by atoms with Gasteiger partial charge in [0.1, 0.15) is 0 Å². The maximum atomic E-state index is 5.33. The summed E-state index contributed by atoms with van der Waals surface area (Å²) in [7, 11) is 2.07. The van der Waals surface area contributed by atoms with Crippen LogP contribution in [0.2, 0.25) is 0 Å². The molecule has 0 spiro atoms. The second-order valence-electron chi connectivity index (χ2n) is 5.58. The van der Waals surface area contributed by atoms with E-state index >= 15 is 0 Å². The van der Waals surface area contributed by atoms with Crippen LogP contribution in [0.5, 0.6) is 0 Å². The molecule has 2 atom stereocenters. The number of piperazine rings is 1. The third kappa shape index (κ3) is 2.84. The van der Waals surface area contributed by atoms with E-state index < -0.39 is 0 Å². The summed E-state index contributed by atoms with van der Waals surface area (Å²) in [5, 5.41) is 11.5. The fraction of sp³-hybridized carbons (Fsp3) is 0.643. The van der Waals surface area contributed by atoms with Crippen molar-refractivity contribution >= 4 is 0 Å². The molecule has 2 aromatic rings. The minimum Gasteiger partial charge on any atom is -0.351 e. The molecule has 114 valence electrons. The van der Waals surface area contributed by atoms with E-state index in [4.69, 9.17) is 9.05 Å². The SMILES string of the molecule is CCC(C)c1cc(-c2nc(C3CNCCN3C)no2)on1. The monoisotopic (exact) mass is 291 g/mol. The highest BCUT2D eigenvalue weighted by Crippen LogP contribution is 2.26. The predicted molar refractivity (Wildman–Crippen MR) is 76.7 cm³/mol. The number of hydrogen-bond donors (Lipinski definition) is 1. The summed E-state index contributed by atoms with van der Waals surface area (Å²) < 4.78 is 10.7. The third-order valence-corrected chi connectivity index (χ3v) is 4.11. The Morgan fingerprint density at radius 3 is 3.05 bits per heavy atom. The molecule has 2 unspecified atom stereocenters. The van der Waals surface area contributed by atoms with Gasteiger partial charge in [-0.3, -0.25) is 4.90 Å². The third-order valence-electron chi connectivity index (χ3n) is 4.11. The Morgan fingerprint density at radius 1 is 1.43 bits per heavy atom. The van der Waals surface area contributed by atoms with Crippen LogP contribution in [0.3, 0.4) is 0 Å². The molecule has 0 aromatic carbocycles. The molecule has 2 aromatic heterocycles. The first-order valence-electron chi connectivity index (χ1n) is 7.40. The molecule has 0 amide bonds. The summed E-state index contributed by atoms with van der Waals surface area (Å²) >= 11 is 0. The Kier molecular flexibility index (Phi) is 4.03. The lowest BCUT2D eigenvalue weighted by atomic mass is 10.1. The lowest BCUT2D eigenvalue weighted by molar-refractivity contribution is 0.190. The first-order chi connectivity index (χ1) is 10.2. The highest BCUT2D eigenvalue weighted by molar-refractivity contribution is 5.44. The van der Waals surface area contributed by atoms with E-state index in [0.29, 0.717) is 23.4 Å². The summed E-state index contributed by atoms with van der Waals surface area (Å²) in [6.07, 6.45) is 1.01. The second-order valence-corrected chi connectivity index (χ2v) is 5.58. The highest BCUT2D eigenvalue weighted by atomic mass is 16.5. The van der Waals surface area contributed by atoms with Crippen LogP contribution in [-0.2, 0) is 0 Å². The fourth-order valence-electron chi connectivity index (χ4n) is 2.40. The van der Waals surface area contributed by atoms with E-state index in [0.717, 1.165) is 31.7 Å². The van der Waals surface area contributed by atoms with Crippen molar-refractivity contribution < 1.29 is 9.05 Å². The number of nitrogens with one attached hydrogen (secondary N) is 1. The Labute approximate surface area is 123 Å². The minimum absolute atomic E-state index is 0.133. The molecular weight excluding hydrogens is 270 g/mol. The molecule has 0 bridgehead atoms. The standard InChI is InChI=1S/C14H21N5O2/c1-4-9(2)10-7-12(20-17-10)14-16-13(18-21-14)11-8-15-5-6-19(11)3/h7,9,11,15H,4-6,8H2,1-3H3. The van der Waals surface area contributed by atoms with Gasteiger partial charge in [-0.15, -0.1) is 0 Å². The van der Waals surface area contributed by atoms with E-state index in [-0.39, 0.29) is 6.04 Å². The Hall–Kier alpha value is -1.73. The minimum atomic E-state index is 0.133. The zero-order valence-corrected chi connectivity index (χ0v) is 12.7. The first kappa shape index (κ1) is 14.2. The first-order valence-corrected chi connectivity index (χ1v) is 7.40. The van der Waals surface area contributed by atoms with Gasteiger partial charge in [0.2, 0.25) is 5.76 Å². The van der Waals surface area contributed by atoms with Gasteiger partial charge in [0.25, 0.3) is 5.89 Å². The zero-order valence-electron chi connectivity index (χ0n) is 12.7. The largest absolute Gasteiger partial charge is 0.351 e. The number of nitrogens with zero attached hydrogens (tertiary/aromatic N) is 4. The summed E-state index contributed by atoms with van der Waals surface area (Å²) in [4.78, 5) is 6.68. The summed E-state index contributed by atoms with van der Waals surface area (Å²) in [6.45, 7) is 7.01. The van der Waals surface area contributed by atoms with Gasteiger partial charge < -0.3 is 14.4 Å². The van der Waals surface area contributed by atoms with Gasteiger partial charge in [-0.2, -0.15) is 4.98 Å². The number of aromatic nitrogens is 3. The summed E-state index contributed by atoms with van der Waals surface area (Å²) in [6, 6.07) is 2.02. The molecule has 7 nitrogen and oxygen atoms in total. The van der Waals surface area contributed by atoms with Crippen LogP contribution in [-0.4, -0.2) is 46.9 Å². The topological polar surface area (TPSA) is 80.2 Å². The van der Waals surface area contributed by atoms with Gasteiger partial charge >= 0.3 is 0 Å². The molecule has 7 heteroatoms. The van der Waals surface area contributed by atoms with Crippen LogP contribution in [0.4, 0.5) is 0 Å². The van der Waals surface area contributed by atoms with Crippen molar-refractivity contribution in [3.63, 3.8) is 0 Å². The number of likely N-dealkylation sites (N-methyl/N-ethyl adjacent to an activating group) is 1. The molecule has 1 fully saturated rings. The molecule has 0 radical (unpaired) electrons. The van der Waals surface area contributed by atoms with Crippen molar-refractivity contribution in [2.45, 2.75) is 32.2 Å². The van der Waals surface area contributed by atoms with Crippen LogP contribution in [0.15, 0.2) is 15.1 Å². The van der Waals surface area contributed by atoms with Gasteiger partial charge in [-0.05, 0) is 13.5 Å². The maximum Gasteiger partial charge on any atom is 0.296 e. The molecule has 1 N–H and O–H groups in total. The molecule has 1 saturated heterocycles. The Balaban J connectivity index is 1.79. The smallest absolute Gasteiger partial charge is 0.296 e. The molecule has 1 aliphatic rings. The summed E-state index contributed by atoms with van der Waals surface area (Å²) in [5.74, 6) is 1.97. The molecule has 3 rings (SSSR count). The molecule has 0 aliphatic carbocycles. The van der Waals surface area contributed by atoms with Crippen molar-refractivity contribution in [3.05, 3.63) is 17.6 Å². The van der Waals surface area contributed by atoms with Crippen molar-refractivity contribution in [3.8, 4) is 11.7 Å². The normalized spacial score (nSPS) is 21.6. The predicted octanol–water partition coefficient (Wildman–Crippen LogP) is 1.81. The van der Waals surface area contributed by atoms with E-state index in [1.165, 1.54) is 0 Å².